The number of fused-ring (bicyclic) bond motifs is 8. The molecule has 0 fully saturated rings. The standard InChI is InChI=1S/C63H42N4O2/c1-6-19-45(20-7-1)63-64-57-38-36-44-34-33-43-35-37-52(40-55(43)60(44)62(57)69-63)66(48-25-12-4-13-26-48)53-41-56-54-31-16-17-32-59(54)68-61(56)58(42-53)67(49-27-14-5-15-28-49)51-30-18-29-50(39-51)65(46-21-8-2-9-22-46)47-23-10-3-11-24-47/h1-42H. The number of hydrogen-bond acceptors (Lipinski definition) is 6. The van der Waals surface area contributed by atoms with Crippen LogP contribution in [0.2, 0.25) is 0 Å². The summed E-state index contributed by atoms with van der Waals surface area (Å²) >= 11 is 0. The highest BCUT2D eigenvalue weighted by atomic mass is 16.3. The molecule has 0 unspecified atom stereocenters. The highest BCUT2D eigenvalue weighted by molar-refractivity contribution is 6.19. The smallest absolute Gasteiger partial charge is 0.227 e. The Balaban J connectivity index is 1.05. The van der Waals surface area contributed by atoms with Crippen molar-refractivity contribution < 1.29 is 8.83 Å². The van der Waals surface area contributed by atoms with Crippen molar-refractivity contribution in [2.75, 3.05) is 14.7 Å². The Morgan fingerprint density at radius 2 is 0.797 bits per heavy atom. The molecule has 0 aliphatic rings. The number of benzene rings is 11. The van der Waals surface area contributed by atoms with Gasteiger partial charge in [-0.1, -0.05) is 140 Å². The minimum Gasteiger partial charge on any atom is -0.454 e. The first kappa shape index (κ1) is 39.9. The quantitative estimate of drug-likeness (QED) is 0.128. The maximum Gasteiger partial charge on any atom is 0.227 e. The summed E-state index contributed by atoms with van der Waals surface area (Å²) in [5.74, 6) is 0.603. The Hall–Kier alpha value is -9.39. The SMILES string of the molecule is c1ccc(-c2nc3ccc4ccc5ccc(N(c6ccccc6)c6cc(N(c7ccccc7)c7cccc(N(c8ccccc8)c8ccccc8)c7)c7oc8ccccc8c7c6)cc5c4c3o2)cc1. The van der Waals surface area contributed by atoms with E-state index in [1.54, 1.807) is 0 Å². The summed E-state index contributed by atoms with van der Waals surface area (Å²) in [7, 11) is 0. The summed E-state index contributed by atoms with van der Waals surface area (Å²) in [6.07, 6.45) is 0. The molecule has 0 aliphatic carbocycles. The van der Waals surface area contributed by atoms with Crippen LogP contribution in [0.5, 0.6) is 0 Å². The Morgan fingerprint density at radius 1 is 0.304 bits per heavy atom. The van der Waals surface area contributed by atoms with Gasteiger partial charge in [-0.2, -0.15) is 0 Å². The Morgan fingerprint density at radius 3 is 1.46 bits per heavy atom. The Kier molecular flexibility index (Phi) is 9.72. The van der Waals surface area contributed by atoms with Crippen LogP contribution in [-0.2, 0) is 0 Å². The number of aromatic nitrogens is 1. The zero-order valence-electron chi connectivity index (χ0n) is 37.4. The van der Waals surface area contributed by atoms with Gasteiger partial charge in [0.1, 0.15) is 11.1 Å². The van der Waals surface area contributed by atoms with Gasteiger partial charge in [-0.25, -0.2) is 4.98 Å². The molecule has 6 nitrogen and oxygen atoms in total. The minimum absolute atomic E-state index is 0.603. The number of furan rings is 1. The maximum atomic E-state index is 6.96. The van der Waals surface area contributed by atoms with Crippen LogP contribution < -0.4 is 14.7 Å². The molecule has 11 aromatic carbocycles. The minimum atomic E-state index is 0.603. The Bertz CT molecular complexity index is 3930. The number of para-hydroxylation sites is 5. The molecule has 13 aromatic rings. The van der Waals surface area contributed by atoms with Crippen molar-refractivity contribution in [3.05, 3.63) is 255 Å². The zero-order valence-corrected chi connectivity index (χ0v) is 37.4. The third-order valence-electron chi connectivity index (χ3n) is 13.0. The van der Waals surface area contributed by atoms with Crippen molar-refractivity contribution in [2.24, 2.45) is 0 Å². The fraction of sp³-hybridized carbons (Fsp3) is 0. The molecule has 0 radical (unpaired) electrons. The summed E-state index contributed by atoms with van der Waals surface area (Å²) in [5.41, 5.74) is 13.1. The molecule has 0 saturated heterocycles. The first-order valence-corrected chi connectivity index (χ1v) is 23.2. The van der Waals surface area contributed by atoms with Crippen LogP contribution >= 0.6 is 0 Å². The molecule has 0 N–H and O–H groups in total. The number of anilines is 9. The molecular formula is C63H42N4O2. The number of nitrogens with zero attached hydrogens (tertiary/aromatic N) is 4. The number of oxazole rings is 1. The van der Waals surface area contributed by atoms with E-state index >= 15 is 0 Å². The van der Waals surface area contributed by atoms with Crippen LogP contribution in [0, 0.1) is 0 Å². The van der Waals surface area contributed by atoms with Crippen LogP contribution in [0.4, 0.5) is 51.2 Å². The van der Waals surface area contributed by atoms with Gasteiger partial charge >= 0.3 is 0 Å². The molecule has 0 saturated carbocycles. The predicted octanol–water partition coefficient (Wildman–Crippen LogP) is 18.1. The van der Waals surface area contributed by atoms with E-state index in [9.17, 15) is 0 Å². The van der Waals surface area contributed by atoms with Crippen molar-refractivity contribution in [3.8, 4) is 11.5 Å². The third-order valence-corrected chi connectivity index (χ3v) is 13.0. The van der Waals surface area contributed by atoms with Crippen LogP contribution in [0.15, 0.2) is 264 Å². The van der Waals surface area contributed by atoms with E-state index < -0.39 is 0 Å². The first-order chi connectivity index (χ1) is 34.2. The fourth-order valence-electron chi connectivity index (χ4n) is 9.84. The molecule has 13 rings (SSSR count). The van der Waals surface area contributed by atoms with Gasteiger partial charge in [-0.3, -0.25) is 0 Å². The molecular weight excluding hydrogens is 845 g/mol. The summed E-state index contributed by atoms with van der Waals surface area (Å²) in [4.78, 5) is 12.0. The lowest BCUT2D eigenvalue weighted by molar-refractivity contribution is 0.623. The number of hydrogen-bond donors (Lipinski definition) is 0. The van der Waals surface area contributed by atoms with Gasteiger partial charge in [-0.15, -0.1) is 0 Å². The second kappa shape index (κ2) is 16.8. The van der Waals surface area contributed by atoms with E-state index in [1.165, 1.54) is 0 Å². The molecule has 0 aliphatic heterocycles. The molecule has 2 aromatic heterocycles. The third kappa shape index (κ3) is 7.10. The van der Waals surface area contributed by atoms with Gasteiger partial charge in [0, 0.05) is 67.2 Å². The second-order valence-electron chi connectivity index (χ2n) is 17.2. The van der Waals surface area contributed by atoms with Gasteiger partial charge in [0.2, 0.25) is 5.89 Å². The van der Waals surface area contributed by atoms with Crippen molar-refractivity contribution in [1.82, 2.24) is 4.98 Å². The van der Waals surface area contributed by atoms with Crippen LogP contribution in [0.25, 0.3) is 66.0 Å². The van der Waals surface area contributed by atoms with Crippen molar-refractivity contribution in [2.45, 2.75) is 0 Å². The largest absolute Gasteiger partial charge is 0.454 e. The van der Waals surface area contributed by atoms with Crippen molar-refractivity contribution in [1.29, 1.82) is 0 Å². The lowest BCUT2D eigenvalue weighted by Crippen LogP contribution is -2.14. The fourth-order valence-corrected chi connectivity index (χ4v) is 9.84. The number of rotatable bonds is 10. The van der Waals surface area contributed by atoms with E-state index in [0.717, 1.165) is 111 Å². The van der Waals surface area contributed by atoms with E-state index in [0.29, 0.717) is 5.89 Å². The lowest BCUT2D eigenvalue weighted by atomic mass is 10.00. The molecule has 2 heterocycles. The van der Waals surface area contributed by atoms with Gasteiger partial charge in [-0.05, 0) is 131 Å². The van der Waals surface area contributed by atoms with Crippen LogP contribution in [0.3, 0.4) is 0 Å². The lowest BCUT2D eigenvalue weighted by Gasteiger charge is -2.31. The second-order valence-corrected chi connectivity index (χ2v) is 17.2. The van der Waals surface area contributed by atoms with E-state index in [1.807, 2.05) is 36.4 Å². The molecule has 0 amide bonds. The first-order valence-electron chi connectivity index (χ1n) is 23.2. The molecule has 0 bridgehead atoms. The van der Waals surface area contributed by atoms with E-state index in [-0.39, 0.29) is 0 Å². The molecule has 0 atom stereocenters. The summed E-state index contributed by atoms with van der Waals surface area (Å²) in [6.45, 7) is 0. The molecule has 326 valence electrons. The highest BCUT2D eigenvalue weighted by Gasteiger charge is 2.25. The van der Waals surface area contributed by atoms with Crippen LogP contribution in [-0.4, -0.2) is 4.98 Å². The normalized spacial score (nSPS) is 11.5. The van der Waals surface area contributed by atoms with Crippen molar-refractivity contribution in [3.63, 3.8) is 0 Å². The van der Waals surface area contributed by atoms with Gasteiger partial charge in [0.15, 0.2) is 11.2 Å². The maximum absolute atomic E-state index is 6.96. The predicted molar refractivity (Wildman–Crippen MR) is 286 cm³/mol. The van der Waals surface area contributed by atoms with Gasteiger partial charge in [0.25, 0.3) is 0 Å². The summed E-state index contributed by atoms with van der Waals surface area (Å²) in [5, 5.41) is 6.34. The average Bonchev–Trinajstić information content (AvgIpc) is 4.03. The zero-order chi connectivity index (χ0) is 45.7. The Labute approximate surface area is 398 Å². The summed E-state index contributed by atoms with van der Waals surface area (Å²) in [6, 6.07) is 89.3. The average molecular weight is 887 g/mol. The molecule has 6 heteroatoms. The van der Waals surface area contributed by atoms with Crippen molar-refractivity contribution >= 4 is 106 Å². The van der Waals surface area contributed by atoms with Gasteiger partial charge in [0.05, 0.1) is 5.69 Å². The van der Waals surface area contributed by atoms with Gasteiger partial charge < -0.3 is 23.5 Å². The molecule has 69 heavy (non-hydrogen) atoms. The summed E-state index contributed by atoms with van der Waals surface area (Å²) < 4.78 is 13.6. The topological polar surface area (TPSA) is 48.9 Å². The van der Waals surface area contributed by atoms with Crippen LogP contribution in [0.1, 0.15) is 0 Å². The van der Waals surface area contributed by atoms with E-state index in [2.05, 4.69) is 233 Å². The highest BCUT2D eigenvalue weighted by Crippen LogP contribution is 2.49. The monoisotopic (exact) mass is 886 g/mol. The molecule has 0 spiro atoms. The van der Waals surface area contributed by atoms with E-state index in [4.69, 9.17) is 13.8 Å².